The molecule has 100 valence electrons. The van der Waals surface area contributed by atoms with E-state index >= 15 is 0 Å². The van der Waals surface area contributed by atoms with E-state index in [0.29, 0.717) is 6.04 Å². The predicted octanol–water partition coefficient (Wildman–Crippen LogP) is 4.45. The minimum Gasteiger partial charge on any atom is -0.304 e. The van der Waals surface area contributed by atoms with Crippen LogP contribution in [-0.2, 0) is 13.0 Å². The van der Waals surface area contributed by atoms with Gasteiger partial charge in [0.1, 0.15) is 5.01 Å². The lowest BCUT2D eigenvalue weighted by Gasteiger charge is -2.24. The Hall–Kier alpha value is -1.23. The summed E-state index contributed by atoms with van der Waals surface area (Å²) >= 11 is 5.31. The lowest BCUT2D eigenvalue weighted by atomic mass is 9.96. The molecular formula is C16H13BrN2S. The van der Waals surface area contributed by atoms with Crippen LogP contribution in [0.15, 0.2) is 46.9 Å². The van der Waals surface area contributed by atoms with Gasteiger partial charge in [0.15, 0.2) is 0 Å². The summed E-state index contributed by atoms with van der Waals surface area (Å²) in [6, 6.07) is 15.3. The maximum atomic E-state index is 4.79. The molecule has 0 aliphatic carbocycles. The number of halogens is 1. The lowest BCUT2D eigenvalue weighted by molar-refractivity contribution is 0.497. The van der Waals surface area contributed by atoms with Crippen molar-refractivity contribution in [2.45, 2.75) is 19.0 Å². The van der Waals surface area contributed by atoms with E-state index in [-0.39, 0.29) is 0 Å². The standard InChI is InChI=1S/C16H13BrN2S/c17-12-5-6-13-15(8-12)20-16(19-13)14-7-10-3-1-2-4-11(10)9-18-14/h1-6,8,14,18H,7,9H2. The van der Waals surface area contributed by atoms with Crippen molar-refractivity contribution in [3.63, 3.8) is 0 Å². The summed E-state index contributed by atoms with van der Waals surface area (Å²) in [6.07, 6.45) is 1.02. The van der Waals surface area contributed by atoms with E-state index in [2.05, 4.69) is 63.7 Å². The number of fused-ring (bicyclic) bond motifs is 2. The number of aromatic nitrogens is 1. The van der Waals surface area contributed by atoms with Gasteiger partial charge in [-0.15, -0.1) is 11.3 Å². The number of hydrogen-bond donors (Lipinski definition) is 1. The van der Waals surface area contributed by atoms with Gasteiger partial charge in [0, 0.05) is 11.0 Å². The van der Waals surface area contributed by atoms with Gasteiger partial charge in [-0.3, -0.25) is 0 Å². The average molecular weight is 345 g/mol. The topological polar surface area (TPSA) is 24.9 Å². The molecule has 2 heterocycles. The third-order valence-electron chi connectivity index (χ3n) is 3.75. The summed E-state index contributed by atoms with van der Waals surface area (Å²) in [4.78, 5) is 4.79. The third kappa shape index (κ3) is 2.18. The zero-order chi connectivity index (χ0) is 13.5. The molecule has 0 spiro atoms. The highest BCUT2D eigenvalue weighted by molar-refractivity contribution is 9.10. The fraction of sp³-hybridized carbons (Fsp3) is 0.188. The van der Waals surface area contributed by atoms with E-state index < -0.39 is 0 Å². The maximum absolute atomic E-state index is 4.79. The second-order valence-electron chi connectivity index (χ2n) is 5.07. The first-order valence-corrected chi connectivity index (χ1v) is 8.27. The maximum Gasteiger partial charge on any atom is 0.111 e. The second-order valence-corrected chi connectivity index (χ2v) is 7.05. The molecule has 4 rings (SSSR count). The molecule has 2 nitrogen and oxygen atoms in total. The number of nitrogens with one attached hydrogen (secondary N) is 1. The molecule has 4 heteroatoms. The molecule has 3 aromatic rings. The number of thiazole rings is 1. The smallest absolute Gasteiger partial charge is 0.111 e. The van der Waals surface area contributed by atoms with E-state index in [1.807, 2.05) is 0 Å². The van der Waals surface area contributed by atoms with Crippen LogP contribution in [0, 0.1) is 0 Å². The molecule has 0 bridgehead atoms. The first-order valence-electron chi connectivity index (χ1n) is 6.66. The van der Waals surface area contributed by atoms with Gasteiger partial charge in [0.25, 0.3) is 0 Å². The Kier molecular flexibility index (Phi) is 3.10. The normalized spacial score (nSPS) is 18.1. The summed E-state index contributed by atoms with van der Waals surface area (Å²) in [6.45, 7) is 0.931. The van der Waals surface area contributed by atoms with Crippen molar-refractivity contribution >= 4 is 37.5 Å². The Labute approximate surface area is 130 Å². The van der Waals surface area contributed by atoms with Gasteiger partial charge in [-0.25, -0.2) is 4.98 Å². The Morgan fingerprint density at radius 2 is 2.00 bits per heavy atom. The highest BCUT2D eigenvalue weighted by Gasteiger charge is 2.21. The highest BCUT2D eigenvalue weighted by atomic mass is 79.9. The molecule has 1 atom stereocenters. The van der Waals surface area contributed by atoms with Gasteiger partial charge >= 0.3 is 0 Å². The Morgan fingerprint density at radius 3 is 2.90 bits per heavy atom. The van der Waals surface area contributed by atoms with Crippen molar-refractivity contribution in [2.24, 2.45) is 0 Å². The van der Waals surface area contributed by atoms with E-state index in [1.165, 1.54) is 20.8 Å². The number of nitrogens with zero attached hydrogens (tertiary/aromatic N) is 1. The number of hydrogen-bond acceptors (Lipinski definition) is 3. The molecule has 0 saturated heterocycles. The molecule has 0 saturated carbocycles. The molecule has 1 aromatic heterocycles. The van der Waals surface area contributed by atoms with Crippen molar-refractivity contribution in [2.75, 3.05) is 0 Å². The van der Waals surface area contributed by atoms with E-state index in [1.54, 1.807) is 11.3 Å². The van der Waals surface area contributed by atoms with Gasteiger partial charge < -0.3 is 5.32 Å². The zero-order valence-electron chi connectivity index (χ0n) is 10.8. The molecule has 2 aromatic carbocycles. The largest absolute Gasteiger partial charge is 0.304 e. The van der Waals surface area contributed by atoms with Crippen LogP contribution >= 0.6 is 27.3 Å². The van der Waals surface area contributed by atoms with Crippen LogP contribution in [0.2, 0.25) is 0 Å². The van der Waals surface area contributed by atoms with E-state index in [4.69, 9.17) is 4.98 Å². The zero-order valence-corrected chi connectivity index (χ0v) is 13.2. The number of rotatable bonds is 1. The first-order chi connectivity index (χ1) is 9.79. The average Bonchev–Trinajstić information content (AvgIpc) is 2.89. The Balaban J connectivity index is 1.70. The fourth-order valence-corrected chi connectivity index (χ4v) is 4.29. The summed E-state index contributed by atoms with van der Waals surface area (Å²) < 4.78 is 2.36. The Bertz CT molecular complexity index is 781. The quantitative estimate of drug-likeness (QED) is 0.705. The minimum absolute atomic E-state index is 0.334. The van der Waals surface area contributed by atoms with Crippen LogP contribution in [0.3, 0.4) is 0 Å². The van der Waals surface area contributed by atoms with Crippen molar-refractivity contribution in [1.82, 2.24) is 10.3 Å². The third-order valence-corrected chi connectivity index (χ3v) is 5.37. The van der Waals surface area contributed by atoms with E-state index in [0.717, 1.165) is 23.0 Å². The first kappa shape index (κ1) is 12.5. The molecule has 1 aliphatic heterocycles. The van der Waals surface area contributed by atoms with Crippen LogP contribution in [-0.4, -0.2) is 4.98 Å². The molecule has 20 heavy (non-hydrogen) atoms. The van der Waals surface area contributed by atoms with Gasteiger partial charge in [0.05, 0.1) is 16.3 Å². The van der Waals surface area contributed by atoms with Crippen LogP contribution in [0.25, 0.3) is 10.2 Å². The molecule has 1 aliphatic rings. The van der Waals surface area contributed by atoms with Gasteiger partial charge in [0.2, 0.25) is 0 Å². The predicted molar refractivity (Wildman–Crippen MR) is 87.0 cm³/mol. The van der Waals surface area contributed by atoms with Gasteiger partial charge in [-0.05, 0) is 35.7 Å². The van der Waals surface area contributed by atoms with E-state index in [9.17, 15) is 0 Å². The summed E-state index contributed by atoms with van der Waals surface area (Å²) in [5.74, 6) is 0. The summed E-state index contributed by atoms with van der Waals surface area (Å²) in [5.41, 5.74) is 3.94. The second kappa shape index (κ2) is 4.95. The Morgan fingerprint density at radius 1 is 1.15 bits per heavy atom. The molecule has 0 fully saturated rings. The minimum atomic E-state index is 0.334. The van der Waals surface area contributed by atoms with Crippen LogP contribution in [0.5, 0.6) is 0 Å². The summed E-state index contributed by atoms with van der Waals surface area (Å²) in [7, 11) is 0. The van der Waals surface area contributed by atoms with Crippen molar-refractivity contribution in [1.29, 1.82) is 0 Å². The molecule has 1 unspecified atom stereocenters. The molecular weight excluding hydrogens is 332 g/mol. The SMILES string of the molecule is Brc1ccc2nc(C3Cc4ccccc4CN3)sc2c1. The fourth-order valence-electron chi connectivity index (χ4n) is 2.69. The van der Waals surface area contributed by atoms with Crippen molar-refractivity contribution in [3.05, 3.63) is 63.1 Å². The summed E-state index contributed by atoms with van der Waals surface area (Å²) in [5, 5.41) is 4.79. The van der Waals surface area contributed by atoms with Gasteiger partial charge in [-0.1, -0.05) is 40.2 Å². The van der Waals surface area contributed by atoms with Crippen molar-refractivity contribution < 1.29 is 0 Å². The van der Waals surface area contributed by atoms with Gasteiger partial charge in [-0.2, -0.15) is 0 Å². The lowest BCUT2D eigenvalue weighted by Crippen LogP contribution is -2.28. The van der Waals surface area contributed by atoms with Crippen LogP contribution < -0.4 is 5.32 Å². The molecule has 0 radical (unpaired) electrons. The van der Waals surface area contributed by atoms with Crippen molar-refractivity contribution in [3.8, 4) is 0 Å². The van der Waals surface area contributed by atoms with Crippen LogP contribution in [0.1, 0.15) is 22.2 Å². The number of benzene rings is 2. The monoisotopic (exact) mass is 344 g/mol. The molecule has 1 N–H and O–H groups in total. The highest BCUT2D eigenvalue weighted by Crippen LogP contribution is 2.32. The molecule has 0 amide bonds. The van der Waals surface area contributed by atoms with Crippen LogP contribution in [0.4, 0.5) is 0 Å².